The average Bonchev–Trinajstić information content (AvgIpc) is 3.04. The van der Waals surface area contributed by atoms with Gasteiger partial charge in [-0.05, 0) is 30.2 Å². The van der Waals surface area contributed by atoms with Crippen LogP contribution in [-0.4, -0.2) is 19.2 Å². The molecule has 0 aromatic heterocycles. The van der Waals surface area contributed by atoms with E-state index < -0.39 is 0 Å². The molecule has 2 aliphatic rings. The van der Waals surface area contributed by atoms with E-state index in [1.807, 2.05) is 18.2 Å². The third-order valence-corrected chi connectivity index (χ3v) is 4.30. The second-order valence-electron chi connectivity index (χ2n) is 5.59. The first-order chi connectivity index (χ1) is 9.81. The number of benzene rings is 2. The van der Waals surface area contributed by atoms with Crippen molar-refractivity contribution < 1.29 is 4.74 Å². The van der Waals surface area contributed by atoms with Crippen LogP contribution in [0.5, 0.6) is 5.75 Å². The predicted octanol–water partition coefficient (Wildman–Crippen LogP) is 2.64. The van der Waals surface area contributed by atoms with Crippen molar-refractivity contribution in [2.75, 3.05) is 23.7 Å². The molecule has 2 aromatic rings. The third-order valence-electron chi connectivity index (χ3n) is 4.30. The maximum atomic E-state index is 6.05. The number of hydrogen-bond donors (Lipinski definition) is 1. The SMILES string of the molecule is Nc1cccc2c1CCN2CC1Cc2ccccc2O1. The van der Waals surface area contributed by atoms with E-state index in [0.717, 1.165) is 37.4 Å². The van der Waals surface area contributed by atoms with Crippen molar-refractivity contribution >= 4 is 11.4 Å². The smallest absolute Gasteiger partial charge is 0.123 e. The van der Waals surface area contributed by atoms with Gasteiger partial charge in [-0.1, -0.05) is 24.3 Å². The number of fused-ring (bicyclic) bond motifs is 2. The molecule has 3 heteroatoms. The second-order valence-corrected chi connectivity index (χ2v) is 5.59. The van der Waals surface area contributed by atoms with E-state index >= 15 is 0 Å². The Bertz CT molecular complexity index is 628. The number of rotatable bonds is 2. The zero-order valence-corrected chi connectivity index (χ0v) is 11.4. The summed E-state index contributed by atoms with van der Waals surface area (Å²) in [5.74, 6) is 1.05. The molecule has 1 atom stereocenters. The summed E-state index contributed by atoms with van der Waals surface area (Å²) in [6.07, 6.45) is 2.30. The Labute approximate surface area is 119 Å². The largest absolute Gasteiger partial charge is 0.488 e. The van der Waals surface area contributed by atoms with Crippen molar-refractivity contribution in [3.05, 3.63) is 53.6 Å². The zero-order valence-electron chi connectivity index (χ0n) is 11.4. The molecule has 2 N–H and O–H groups in total. The van der Waals surface area contributed by atoms with Crippen molar-refractivity contribution in [1.82, 2.24) is 0 Å². The number of hydrogen-bond acceptors (Lipinski definition) is 3. The Balaban J connectivity index is 1.52. The predicted molar refractivity (Wildman–Crippen MR) is 81.3 cm³/mol. The maximum absolute atomic E-state index is 6.05. The molecule has 2 aliphatic heterocycles. The number of para-hydroxylation sites is 1. The van der Waals surface area contributed by atoms with Gasteiger partial charge in [0.15, 0.2) is 0 Å². The molecule has 0 aliphatic carbocycles. The average molecular weight is 266 g/mol. The van der Waals surface area contributed by atoms with Crippen molar-refractivity contribution in [2.45, 2.75) is 18.9 Å². The molecular weight excluding hydrogens is 248 g/mol. The Hall–Kier alpha value is -2.16. The van der Waals surface area contributed by atoms with Gasteiger partial charge < -0.3 is 15.4 Å². The Morgan fingerprint density at radius 2 is 2.05 bits per heavy atom. The molecule has 0 fully saturated rings. The van der Waals surface area contributed by atoms with E-state index in [1.54, 1.807) is 0 Å². The molecular formula is C17H18N2O. The molecule has 0 bridgehead atoms. The molecule has 2 aromatic carbocycles. The molecule has 20 heavy (non-hydrogen) atoms. The minimum absolute atomic E-state index is 0.250. The van der Waals surface area contributed by atoms with Crippen LogP contribution in [0.3, 0.4) is 0 Å². The van der Waals surface area contributed by atoms with Crippen LogP contribution < -0.4 is 15.4 Å². The van der Waals surface area contributed by atoms with Crippen LogP contribution in [0.15, 0.2) is 42.5 Å². The van der Waals surface area contributed by atoms with Crippen molar-refractivity contribution in [3.63, 3.8) is 0 Å². The number of ether oxygens (including phenoxy) is 1. The minimum Gasteiger partial charge on any atom is -0.488 e. The van der Waals surface area contributed by atoms with E-state index in [2.05, 4.69) is 29.2 Å². The van der Waals surface area contributed by atoms with Gasteiger partial charge in [0.05, 0.1) is 6.54 Å². The lowest BCUT2D eigenvalue weighted by molar-refractivity contribution is 0.238. The topological polar surface area (TPSA) is 38.5 Å². The molecule has 102 valence electrons. The minimum atomic E-state index is 0.250. The molecule has 1 unspecified atom stereocenters. The zero-order chi connectivity index (χ0) is 13.5. The summed E-state index contributed by atoms with van der Waals surface area (Å²) in [4.78, 5) is 2.40. The van der Waals surface area contributed by atoms with Gasteiger partial charge in [-0.25, -0.2) is 0 Å². The van der Waals surface area contributed by atoms with E-state index in [9.17, 15) is 0 Å². The number of nitrogens with two attached hydrogens (primary N) is 1. The van der Waals surface area contributed by atoms with E-state index in [0.29, 0.717) is 0 Å². The lowest BCUT2D eigenvalue weighted by atomic mass is 10.1. The van der Waals surface area contributed by atoms with E-state index in [1.165, 1.54) is 16.8 Å². The summed E-state index contributed by atoms with van der Waals surface area (Å²) in [6, 6.07) is 14.5. The van der Waals surface area contributed by atoms with Crippen LogP contribution >= 0.6 is 0 Å². The van der Waals surface area contributed by atoms with Gasteiger partial charge in [0.25, 0.3) is 0 Å². The lowest BCUT2D eigenvalue weighted by Gasteiger charge is -2.23. The standard InChI is InChI=1S/C17H18N2O/c18-15-5-3-6-16-14(15)8-9-19(16)11-13-10-12-4-1-2-7-17(12)20-13/h1-7,13H,8-11,18H2. The van der Waals surface area contributed by atoms with Gasteiger partial charge in [0, 0.05) is 29.9 Å². The number of anilines is 2. The summed E-state index contributed by atoms with van der Waals surface area (Å²) in [5.41, 5.74) is 10.9. The van der Waals surface area contributed by atoms with Crippen molar-refractivity contribution in [3.8, 4) is 5.75 Å². The molecule has 0 spiro atoms. The highest BCUT2D eigenvalue weighted by molar-refractivity contribution is 5.68. The van der Waals surface area contributed by atoms with E-state index in [-0.39, 0.29) is 6.10 Å². The summed E-state index contributed by atoms with van der Waals surface area (Å²) in [7, 11) is 0. The van der Waals surface area contributed by atoms with Gasteiger partial charge in [-0.3, -0.25) is 0 Å². The first-order valence-corrected chi connectivity index (χ1v) is 7.18. The molecule has 0 saturated carbocycles. The highest BCUT2D eigenvalue weighted by Gasteiger charge is 2.28. The van der Waals surface area contributed by atoms with E-state index in [4.69, 9.17) is 10.5 Å². The third kappa shape index (κ3) is 1.82. The Morgan fingerprint density at radius 1 is 1.15 bits per heavy atom. The van der Waals surface area contributed by atoms with Crippen LogP contribution in [0.25, 0.3) is 0 Å². The van der Waals surface area contributed by atoms with Crippen LogP contribution in [0.4, 0.5) is 11.4 Å². The van der Waals surface area contributed by atoms with Crippen LogP contribution in [0.1, 0.15) is 11.1 Å². The van der Waals surface area contributed by atoms with Crippen LogP contribution in [-0.2, 0) is 12.8 Å². The Kier molecular flexibility index (Phi) is 2.59. The number of nitrogen functional groups attached to an aromatic ring is 1. The molecule has 0 amide bonds. The summed E-state index contributed by atoms with van der Waals surface area (Å²) in [6.45, 7) is 1.98. The van der Waals surface area contributed by atoms with Crippen molar-refractivity contribution in [2.24, 2.45) is 0 Å². The van der Waals surface area contributed by atoms with Gasteiger partial charge in [-0.15, -0.1) is 0 Å². The highest BCUT2D eigenvalue weighted by Crippen LogP contribution is 2.34. The molecule has 0 radical (unpaired) electrons. The highest BCUT2D eigenvalue weighted by atomic mass is 16.5. The molecule has 0 saturated heterocycles. The fraction of sp³-hybridized carbons (Fsp3) is 0.294. The van der Waals surface area contributed by atoms with Gasteiger partial charge in [-0.2, -0.15) is 0 Å². The maximum Gasteiger partial charge on any atom is 0.123 e. The van der Waals surface area contributed by atoms with Crippen LogP contribution in [0.2, 0.25) is 0 Å². The fourth-order valence-corrected chi connectivity index (χ4v) is 3.32. The molecule has 2 heterocycles. The quantitative estimate of drug-likeness (QED) is 0.849. The molecule has 3 nitrogen and oxygen atoms in total. The summed E-state index contributed by atoms with van der Waals surface area (Å²) < 4.78 is 6.04. The van der Waals surface area contributed by atoms with Gasteiger partial charge in [0.1, 0.15) is 11.9 Å². The first-order valence-electron chi connectivity index (χ1n) is 7.18. The number of nitrogens with zero attached hydrogens (tertiary/aromatic N) is 1. The second kappa shape index (κ2) is 4.44. The van der Waals surface area contributed by atoms with Crippen LogP contribution in [0, 0.1) is 0 Å². The fourth-order valence-electron chi connectivity index (χ4n) is 3.32. The molecule has 4 rings (SSSR count). The Morgan fingerprint density at radius 3 is 2.95 bits per heavy atom. The monoisotopic (exact) mass is 266 g/mol. The summed E-state index contributed by atoms with van der Waals surface area (Å²) in [5, 5.41) is 0. The van der Waals surface area contributed by atoms with Crippen molar-refractivity contribution in [1.29, 1.82) is 0 Å². The lowest BCUT2D eigenvalue weighted by Crippen LogP contribution is -2.33. The van der Waals surface area contributed by atoms with Gasteiger partial charge in [0.2, 0.25) is 0 Å². The summed E-state index contributed by atoms with van der Waals surface area (Å²) >= 11 is 0. The first kappa shape index (κ1) is 11.6. The van der Waals surface area contributed by atoms with Gasteiger partial charge >= 0.3 is 0 Å². The normalized spacial score (nSPS) is 19.6.